The van der Waals surface area contributed by atoms with Gasteiger partial charge < -0.3 is 0 Å². The fraction of sp³-hybridized carbons (Fsp3) is 0.250. The van der Waals surface area contributed by atoms with Crippen LogP contribution in [0.5, 0.6) is 0 Å². The topological polar surface area (TPSA) is 30.7 Å². The van der Waals surface area contributed by atoms with Crippen LogP contribution in [0.2, 0.25) is 0 Å². The van der Waals surface area contributed by atoms with Crippen LogP contribution in [-0.2, 0) is 11.8 Å². The van der Waals surface area contributed by atoms with Crippen molar-refractivity contribution in [2.45, 2.75) is 25.1 Å². The average Bonchev–Trinajstić information content (AvgIpc) is 2.94. The van der Waals surface area contributed by atoms with Crippen molar-refractivity contribution in [3.63, 3.8) is 0 Å². The first kappa shape index (κ1) is 13.3. The molecule has 0 aliphatic heterocycles. The number of hydrogen-bond acceptors (Lipinski definition) is 2. The number of fused-ring (bicyclic) bond motifs is 1. The van der Waals surface area contributed by atoms with Gasteiger partial charge in [0.15, 0.2) is 0 Å². The normalized spacial score (nSPS) is 11.1. The van der Waals surface area contributed by atoms with Gasteiger partial charge in [0, 0.05) is 35.1 Å². The van der Waals surface area contributed by atoms with E-state index in [0.717, 1.165) is 35.3 Å². The highest BCUT2D eigenvalue weighted by molar-refractivity contribution is 9.08. The summed E-state index contributed by atoms with van der Waals surface area (Å²) in [4.78, 5) is 9.27. The second-order valence-electron chi connectivity index (χ2n) is 4.76. The minimum absolute atomic E-state index is 0.782. The third-order valence-electron chi connectivity index (χ3n) is 3.34. The summed E-state index contributed by atoms with van der Waals surface area (Å²) in [5.74, 6) is 2.04. The molecule has 0 saturated heterocycles. The first-order chi connectivity index (χ1) is 9.83. The molecule has 3 aromatic rings. The number of benzene rings is 1. The lowest BCUT2D eigenvalue weighted by atomic mass is 10.1. The highest BCUT2D eigenvalue weighted by Gasteiger charge is 2.11. The molecule has 0 aliphatic carbocycles. The third-order valence-corrected chi connectivity index (χ3v) is 3.95. The molecule has 0 unspecified atom stereocenters. The Morgan fingerprint density at radius 1 is 1.25 bits per heavy atom. The minimum Gasteiger partial charge on any atom is -0.288 e. The summed E-state index contributed by atoms with van der Waals surface area (Å²) in [6.45, 7) is 2.16. The highest BCUT2D eigenvalue weighted by Crippen LogP contribution is 2.23. The van der Waals surface area contributed by atoms with E-state index in [0.29, 0.717) is 0 Å². The van der Waals surface area contributed by atoms with Crippen LogP contribution >= 0.6 is 15.9 Å². The Labute approximate surface area is 126 Å². The van der Waals surface area contributed by atoms with E-state index in [1.165, 1.54) is 10.9 Å². The van der Waals surface area contributed by atoms with Gasteiger partial charge in [0.1, 0.15) is 11.6 Å². The van der Waals surface area contributed by atoms with E-state index in [4.69, 9.17) is 4.98 Å². The Kier molecular flexibility index (Phi) is 3.83. The van der Waals surface area contributed by atoms with Crippen LogP contribution in [0.3, 0.4) is 0 Å². The third kappa shape index (κ3) is 2.36. The molecular formula is C16H16BrN3. The Bertz CT molecular complexity index is 733. The molecule has 0 bridgehead atoms. The van der Waals surface area contributed by atoms with Crippen LogP contribution in [-0.4, -0.2) is 14.5 Å². The maximum Gasteiger partial charge on any atom is 0.142 e. The predicted octanol–water partition coefficient (Wildman–Crippen LogP) is 4.27. The molecule has 0 aliphatic rings. The van der Waals surface area contributed by atoms with Gasteiger partial charge in [0.05, 0.1) is 5.52 Å². The molecule has 4 heteroatoms. The molecule has 2 heterocycles. The number of aromatic nitrogens is 3. The zero-order valence-electron chi connectivity index (χ0n) is 11.4. The van der Waals surface area contributed by atoms with Crippen LogP contribution in [0, 0.1) is 0 Å². The predicted molar refractivity (Wildman–Crippen MR) is 85.5 cm³/mol. The summed E-state index contributed by atoms with van der Waals surface area (Å²) in [6.07, 6.45) is 5.88. The Hall–Kier alpha value is -1.68. The van der Waals surface area contributed by atoms with Gasteiger partial charge in [0.25, 0.3) is 0 Å². The molecule has 20 heavy (non-hydrogen) atoms. The van der Waals surface area contributed by atoms with Crippen LogP contribution in [0.1, 0.15) is 24.7 Å². The monoisotopic (exact) mass is 329 g/mol. The number of para-hydroxylation sites is 1. The van der Waals surface area contributed by atoms with Gasteiger partial charge in [0.2, 0.25) is 0 Å². The molecule has 0 N–H and O–H groups in total. The van der Waals surface area contributed by atoms with E-state index in [2.05, 4.69) is 44.5 Å². The number of halogens is 1. The average molecular weight is 330 g/mol. The molecule has 3 rings (SSSR count). The number of hydrogen-bond donors (Lipinski definition) is 0. The van der Waals surface area contributed by atoms with Crippen molar-refractivity contribution in [2.75, 3.05) is 0 Å². The lowest BCUT2D eigenvalue weighted by molar-refractivity contribution is 0.797. The Morgan fingerprint density at radius 3 is 2.90 bits per heavy atom. The fourth-order valence-electron chi connectivity index (χ4n) is 2.39. The Balaban J connectivity index is 2.20. The van der Waals surface area contributed by atoms with Crippen molar-refractivity contribution in [3.8, 4) is 5.82 Å². The van der Waals surface area contributed by atoms with Crippen molar-refractivity contribution in [3.05, 3.63) is 54.1 Å². The molecule has 3 nitrogen and oxygen atoms in total. The Morgan fingerprint density at radius 2 is 2.10 bits per heavy atom. The smallest absolute Gasteiger partial charge is 0.142 e. The molecule has 0 saturated carbocycles. The summed E-state index contributed by atoms with van der Waals surface area (Å²) in [5.41, 5.74) is 2.20. The van der Waals surface area contributed by atoms with Gasteiger partial charge in [-0.3, -0.25) is 4.57 Å². The first-order valence-corrected chi connectivity index (χ1v) is 7.93. The number of pyridine rings is 1. The van der Waals surface area contributed by atoms with E-state index < -0.39 is 0 Å². The van der Waals surface area contributed by atoms with Crippen LogP contribution in [0.25, 0.3) is 16.7 Å². The van der Waals surface area contributed by atoms with Crippen LogP contribution < -0.4 is 0 Å². The SMILES string of the molecule is CCCc1nccn1-c1nc2ccccc2cc1CBr. The molecule has 0 amide bonds. The molecule has 0 atom stereocenters. The summed E-state index contributed by atoms with van der Waals surface area (Å²) in [6, 6.07) is 10.4. The van der Waals surface area contributed by atoms with Crippen molar-refractivity contribution in [1.29, 1.82) is 0 Å². The van der Waals surface area contributed by atoms with Crippen LogP contribution in [0.4, 0.5) is 0 Å². The zero-order valence-corrected chi connectivity index (χ0v) is 13.0. The molecule has 0 radical (unpaired) electrons. The standard InChI is InChI=1S/C16H16BrN3/c1-2-5-15-18-8-9-20(15)16-13(11-17)10-12-6-3-4-7-14(12)19-16/h3-4,6-10H,2,5,11H2,1H3. The quantitative estimate of drug-likeness (QED) is 0.669. The molecule has 0 spiro atoms. The lowest BCUT2D eigenvalue weighted by Crippen LogP contribution is -2.06. The van der Waals surface area contributed by atoms with Crippen LogP contribution in [0.15, 0.2) is 42.7 Å². The zero-order chi connectivity index (χ0) is 13.9. The van der Waals surface area contributed by atoms with Gasteiger partial charge in [-0.25, -0.2) is 9.97 Å². The molecule has 2 aromatic heterocycles. The maximum absolute atomic E-state index is 4.82. The number of rotatable bonds is 4. The summed E-state index contributed by atoms with van der Waals surface area (Å²) >= 11 is 3.57. The number of imidazole rings is 1. The van der Waals surface area contributed by atoms with Gasteiger partial charge in [-0.15, -0.1) is 0 Å². The summed E-state index contributed by atoms with van der Waals surface area (Å²) in [5, 5.41) is 1.95. The number of alkyl halides is 1. The molecule has 102 valence electrons. The van der Waals surface area contributed by atoms with E-state index in [-0.39, 0.29) is 0 Å². The second kappa shape index (κ2) is 5.75. The van der Waals surface area contributed by atoms with E-state index in [9.17, 15) is 0 Å². The van der Waals surface area contributed by atoms with E-state index in [1.807, 2.05) is 30.6 Å². The maximum atomic E-state index is 4.82. The number of aryl methyl sites for hydroxylation is 1. The second-order valence-corrected chi connectivity index (χ2v) is 5.32. The van der Waals surface area contributed by atoms with Crippen molar-refractivity contribution in [1.82, 2.24) is 14.5 Å². The largest absolute Gasteiger partial charge is 0.288 e. The van der Waals surface area contributed by atoms with Gasteiger partial charge >= 0.3 is 0 Å². The lowest BCUT2D eigenvalue weighted by Gasteiger charge is -2.12. The van der Waals surface area contributed by atoms with Gasteiger partial charge in [-0.2, -0.15) is 0 Å². The van der Waals surface area contributed by atoms with Gasteiger partial charge in [-0.1, -0.05) is 41.1 Å². The molecule has 0 fully saturated rings. The summed E-state index contributed by atoms with van der Waals surface area (Å²) < 4.78 is 2.10. The van der Waals surface area contributed by atoms with Gasteiger partial charge in [-0.05, 0) is 18.6 Å². The highest BCUT2D eigenvalue weighted by atomic mass is 79.9. The van der Waals surface area contributed by atoms with Crippen molar-refractivity contribution >= 4 is 26.8 Å². The first-order valence-electron chi connectivity index (χ1n) is 6.80. The fourth-order valence-corrected chi connectivity index (χ4v) is 2.80. The minimum atomic E-state index is 0.782. The molecular weight excluding hydrogens is 314 g/mol. The van der Waals surface area contributed by atoms with E-state index in [1.54, 1.807) is 0 Å². The number of nitrogens with zero attached hydrogens (tertiary/aromatic N) is 3. The van der Waals surface area contributed by atoms with E-state index >= 15 is 0 Å². The summed E-state index contributed by atoms with van der Waals surface area (Å²) in [7, 11) is 0. The van der Waals surface area contributed by atoms with Crippen molar-refractivity contribution in [2.24, 2.45) is 0 Å². The molecule has 1 aromatic carbocycles. The van der Waals surface area contributed by atoms with Crippen molar-refractivity contribution < 1.29 is 0 Å².